The Bertz CT molecular complexity index is 541. The van der Waals surface area contributed by atoms with Gasteiger partial charge >= 0.3 is 0 Å². The van der Waals surface area contributed by atoms with Gasteiger partial charge in [-0.1, -0.05) is 0 Å². The van der Waals surface area contributed by atoms with Crippen molar-refractivity contribution in [3.05, 3.63) is 18.3 Å². The van der Waals surface area contributed by atoms with Crippen molar-refractivity contribution in [2.45, 2.75) is 23.5 Å². The molecule has 19 heavy (non-hydrogen) atoms. The molecule has 0 unspecified atom stereocenters. The quantitative estimate of drug-likeness (QED) is 0.919. The molecule has 0 bridgehead atoms. The zero-order valence-corrected chi connectivity index (χ0v) is 13.0. The standard InChI is InChI=1S/C12H19N3O2S2/c1-12(2)9-15(6-7-18-12)19(16,17)10-4-5-11(13-3)14-8-10/h4-5,8H,6-7,9H2,1-3H3,(H,13,14). The fraction of sp³-hybridized carbons (Fsp3) is 0.583. The summed E-state index contributed by atoms with van der Waals surface area (Å²) in [6.07, 6.45) is 1.41. The van der Waals surface area contributed by atoms with E-state index in [4.69, 9.17) is 0 Å². The highest BCUT2D eigenvalue weighted by molar-refractivity contribution is 8.00. The summed E-state index contributed by atoms with van der Waals surface area (Å²) in [6, 6.07) is 3.28. The summed E-state index contributed by atoms with van der Waals surface area (Å²) in [5, 5.41) is 2.88. The van der Waals surface area contributed by atoms with Gasteiger partial charge in [-0.3, -0.25) is 0 Å². The second-order valence-corrected chi connectivity index (χ2v) is 8.82. The first kappa shape index (κ1) is 14.6. The van der Waals surface area contributed by atoms with Crippen LogP contribution in [0.5, 0.6) is 0 Å². The van der Waals surface area contributed by atoms with Crippen molar-refractivity contribution >= 4 is 27.6 Å². The van der Waals surface area contributed by atoms with E-state index in [1.807, 2.05) is 11.8 Å². The number of rotatable bonds is 3. The van der Waals surface area contributed by atoms with Gasteiger partial charge < -0.3 is 5.32 Å². The van der Waals surface area contributed by atoms with Gasteiger partial charge in [0.25, 0.3) is 0 Å². The second kappa shape index (κ2) is 5.30. The minimum absolute atomic E-state index is 0.0380. The number of aromatic nitrogens is 1. The van der Waals surface area contributed by atoms with E-state index < -0.39 is 10.0 Å². The Labute approximate surface area is 118 Å². The normalized spacial score (nSPS) is 20.2. The number of anilines is 1. The lowest BCUT2D eigenvalue weighted by molar-refractivity contribution is 0.387. The van der Waals surface area contributed by atoms with Gasteiger partial charge in [0.2, 0.25) is 10.0 Å². The molecule has 2 heterocycles. The fourth-order valence-corrected chi connectivity index (χ4v) is 4.87. The van der Waals surface area contributed by atoms with Crippen molar-refractivity contribution in [2.24, 2.45) is 0 Å². The molecule has 5 nitrogen and oxygen atoms in total. The predicted octanol–water partition coefficient (Wildman–Crippen LogP) is 1.64. The van der Waals surface area contributed by atoms with Crippen molar-refractivity contribution in [2.75, 3.05) is 31.2 Å². The molecule has 1 aromatic heterocycles. The Morgan fingerprint density at radius 2 is 2.16 bits per heavy atom. The third-order valence-electron chi connectivity index (χ3n) is 3.02. The number of hydrogen-bond acceptors (Lipinski definition) is 5. The molecule has 106 valence electrons. The zero-order chi connectivity index (χ0) is 14.1. The molecule has 7 heteroatoms. The third kappa shape index (κ3) is 3.21. The van der Waals surface area contributed by atoms with Crippen molar-refractivity contribution in [3.8, 4) is 0 Å². The topological polar surface area (TPSA) is 62.3 Å². The van der Waals surface area contributed by atoms with Crippen molar-refractivity contribution in [1.82, 2.24) is 9.29 Å². The van der Waals surface area contributed by atoms with E-state index in [1.54, 1.807) is 23.5 Å². The van der Waals surface area contributed by atoms with Gasteiger partial charge in [-0.2, -0.15) is 16.1 Å². The van der Waals surface area contributed by atoms with E-state index in [-0.39, 0.29) is 9.64 Å². The van der Waals surface area contributed by atoms with Gasteiger partial charge in [-0.15, -0.1) is 0 Å². The molecule has 1 N–H and O–H groups in total. The number of hydrogen-bond donors (Lipinski definition) is 1. The number of nitrogens with one attached hydrogen (secondary N) is 1. The lowest BCUT2D eigenvalue weighted by atomic mass is 10.2. The zero-order valence-electron chi connectivity index (χ0n) is 11.4. The van der Waals surface area contributed by atoms with Crippen LogP contribution in [-0.2, 0) is 10.0 Å². The molecular formula is C12H19N3O2S2. The van der Waals surface area contributed by atoms with E-state index in [1.165, 1.54) is 6.20 Å². The summed E-state index contributed by atoms with van der Waals surface area (Å²) < 4.78 is 26.6. The van der Waals surface area contributed by atoms with Crippen LogP contribution in [0.3, 0.4) is 0 Å². The highest BCUT2D eigenvalue weighted by Gasteiger charge is 2.34. The average Bonchev–Trinajstić information content (AvgIpc) is 2.37. The molecule has 1 aliphatic heterocycles. The van der Waals surface area contributed by atoms with E-state index in [0.717, 1.165) is 5.75 Å². The van der Waals surface area contributed by atoms with Gasteiger partial charge in [-0.25, -0.2) is 13.4 Å². The lowest BCUT2D eigenvalue weighted by Crippen LogP contribution is -2.46. The largest absolute Gasteiger partial charge is 0.373 e. The minimum atomic E-state index is -3.43. The summed E-state index contributed by atoms with van der Waals surface area (Å²) in [7, 11) is -1.68. The molecule has 1 fully saturated rings. The maximum atomic E-state index is 12.5. The monoisotopic (exact) mass is 301 g/mol. The van der Waals surface area contributed by atoms with Gasteiger partial charge in [0, 0.05) is 36.8 Å². The molecular weight excluding hydrogens is 282 g/mol. The first-order valence-corrected chi connectivity index (χ1v) is 8.56. The number of sulfonamides is 1. The fourth-order valence-electron chi connectivity index (χ4n) is 2.01. The molecule has 1 aliphatic rings. The van der Waals surface area contributed by atoms with Crippen LogP contribution in [0.2, 0.25) is 0 Å². The van der Waals surface area contributed by atoms with Crippen LogP contribution < -0.4 is 5.32 Å². The maximum absolute atomic E-state index is 12.5. The lowest BCUT2D eigenvalue weighted by Gasteiger charge is -2.36. The van der Waals surface area contributed by atoms with Gasteiger partial charge in [0.1, 0.15) is 10.7 Å². The van der Waals surface area contributed by atoms with Crippen molar-refractivity contribution in [3.63, 3.8) is 0 Å². The van der Waals surface area contributed by atoms with Crippen LogP contribution in [0.15, 0.2) is 23.2 Å². The molecule has 0 aromatic carbocycles. The van der Waals surface area contributed by atoms with E-state index >= 15 is 0 Å². The van der Waals surface area contributed by atoms with Crippen LogP contribution >= 0.6 is 11.8 Å². The first-order chi connectivity index (χ1) is 8.85. The van der Waals surface area contributed by atoms with Crippen LogP contribution in [0, 0.1) is 0 Å². The third-order valence-corrected chi connectivity index (χ3v) is 6.15. The molecule has 0 aliphatic carbocycles. The summed E-state index contributed by atoms with van der Waals surface area (Å²) in [5.74, 6) is 1.49. The van der Waals surface area contributed by atoms with E-state index in [0.29, 0.717) is 18.9 Å². The molecule has 0 spiro atoms. The Balaban J connectivity index is 2.26. The van der Waals surface area contributed by atoms with Crippen LogP contribution in [-0.4, -0.2) is 48.3 Å². The number of pyridine rings is 1. The van der Waals surface area contributed by atoms with Crippen LogP contribution in [0.25, 0.3) is 0 Å². The minimum Gasteiger partial charge on any atom is -0.373 e. The summed E-state index contributed by atoms with van der Waals surface area (Å²) in [4.78, 5) is 4.33. The Kier molecular flexibility index (Phi) is 4.08. The van der Waals surface area contributed by atoms with E-state index in [9.17, 15) is 8.42 Å². The predicted molar refractivity (Wildman–Crippen MR) is 79.1 cm³/mol. The highest BCUT2D eigenvalue weighted by Crippen LogP contribution is 2.32. The molecule has 1 aromatic rings. The molecule has 0 amide bonds. The molecule has 0 radical (unpaired) electrons. The Hall–Kier alpha value is -0.790. The summed E-state index contributed by atoms with van der Waals surface area (Å²) in [6.45, 7) is 5.24. The molecule has 1 saturated heterocycles. The van der Waals surface area contributed by atoms with Gasteiger partial charge in [0.15, 0.2) is 0 Å². The van der Waals surface area contributed by atoms with Gasteiger partial charge in [0.05, 0.1) is 0 Å². The molecule has 0 atom stereocenters. The van der Waals surface area contributed by atoms with Crippen molar-refractivity contribution in [1.29, 1.82) is 0 Å². The second-order valence-electron chi connectivity index (χ2n) is 5.08. The van der Waals surface area contributed by atoms with Crippen molar-refractivity contribution < 1.29 is 8.42 Å². The molecule has 0 saturated carbocycles. The summed E-state index contributed by atoms with van der Waals surface area (Å²) in [5.41, 5.74) is 0. The Morgan fingerprint density at radius 1 is 1.42 bits per heavy atom. The SMILES string of the molecule is CNc1ccc(S(=O)(=O)N2CCSC(C)(C)C2)cn1. The number of thioether (sulfide) groups is 1. The molecule has 2 rings (SSSR count). The average molecular weight is 301 g/mol. The summed E-state index contributed by atoms with van der Waals surface area (Å²) >= 11 is 1.81. The van der Waals surface area contributed by atoms with E-state index in [2.05, 4.69) is 24.1 Å². The van der Waals surface area contributed by atoms with Gasteiger partial charge in [-0.05, 0) is 26.0 Å². The van der Waals surface area contributed by atoms with Crippen LogP contribution in [0.4, 0.5) is 5.82 Å². The van der Waals surface area contributed by atoms with Crippen LogP contribution in [0.1, 0.15) is 13.8 Å². The maximum Gasteiger partial charge on any atom is 0.244 e. The Morgan fingerprint density at radius 3 is 2.68 bits per heavy atom. The smallest absolute Gasteiger partial charge is 0.244 e. The number of nitrogens with zero attached hydrogens (tertiary/aromatic N) is 2. The first-order valence-electron chi connectivity index (χ1n) is 6.13. The highest BCUT2D eigenvalue weighted by atomic mass is 32.2.